The molecule has 0 aromatic carbocycles. The van der Waals surface area contributed by atoms with Crippen molar-refractivity contribution in [3.8, 4) is 32.5 Å². The van der Waals surface area contributed by atoms with E-state index in [0.29, 0.717) is 0 Å². The lowest BCUT2D eigenvalue weighted by Crippen LogP contribution is -1.93. The summed E-state index contributed by atoms with van der Waals surface area (Å²) in [7, 11) is 2.04. The molecule has 7 heteroatoms. The van der Waals surface area contributed by atoms with E-state index in [9.17, 15) is 0 Å². The monoisotopic (exact) mass is 384 g/mol. The van der Waals surface area contributed by atoms with Gasteiger partial charge in [-0.25, -0.2) is 19.9 Å². The van der Waals surface area contributed by atoms with Crippen LogP contribution in [0.5, 0.6) is 0 Å². The van der Waals surface area contributed by atoms with Crippen LogP contribution in [-0.4, -0.2) is 29.5 Å². The molecule has 0 aliphatic carbocycles. The standard InChI is InChI=1S/C21H16N6S/c1-13-20(28-21(25-13)14-10-22-12-23-11-14)19-15-6-8-27(2)18(15)9-17(26-19)16-5-3-4-7-24-16/h3-12H,1-2H3. The molecule has 5 rings (SSSR count). The number of aromatic nitrogens is 6. The first-order valence-corrected chi connectivity index (χ1v) is 9.63. The van der Waals surface area contributed by atoms with E-state index in [1.165, 1.54) is 6.33 Å². The van der Waals surface area contributed by atoms with Gasteiger partial charge in [0.2, 0.25) is 0 Å². The number of pyridine rings is 2. The van der Waals surface area contributed by atoms with E-state index in [1.807, 2.05) is 32.2 Å². The van der Waals surface area contributed by atoms with Crippen molar-refractivity contribution in [2.75, 3.05) is 0 Å². The van der Waals surface area contributed by atoms with Crippen molar-refractivity contribution in [2.45, 2.75) is 6.92 Å². The zero-order valence-corrected chi connectivity index (χ0v) is 16.2. The molecule has 0 atom stereocenters. The molecule has 0 saturated carbocycles. The molecule has 28 heavy (non-hydrogen) atoms. The molecule has 0 unspecified atom stereocenters. The molecule has 0 aliphatic heterocycles. The third kappa shape index (κ3) is 2.76. The second-order valence-electron chi connectivity index (χ2n) is 6.49. The minimum absolute atomic E-state index is 0.849. The molecule has 6 nitrogen and oxygen atoms in total. The molecule has 0 spiro atoms. The van der Waals surface area contributed by atoms with Gasteiger partial charge in [-0.2, -0.15) is 0 Å². The van der Waals surface area contributed by atoms with Gasteiger partial charge in [-0.15, -0.1) is 11.3 Å². The highest BCUT2D eigenvalue weighted by Gasteiger charge is 2.18. The summed E-state index contributed by atoms with van der Waals surface area (Å²) >= 11 is 1.61. The molecular formula is C21H16N6S. The second kappa shape index (κ2) is 6.61. The predicted molar refractivity (Wildman–Crippen MR) is 111 cm³/mol. The quantitative estimate of drug-likeness (QED) is 0.457. The SMILES string of the molecule is Cc1nc(-c2cncnc2)sc1-c1nc(-c2ccccn2)cc2c1ccn2C. The Morgan fingerprint density at radius 2 is 1.86 bits per heavy atom. The van der Waals surface area contributed by atoms with E-state index in [1.54, 1.807) is 29.9 Å². The Kier molecular flexibility index (Phi) is 3.95. The average molecular weight is 384 g/mol. The number of rotatable bonds is 3. The van der Waals surface area contributed by atoms with Crippen LogP contribution in [0.4, 0.5) is 0 Å². The van der Waals surface area contributed by atoms with Gasteiger partial charge >= 0.3 is 0 Å². The second-order valence-corrected chi connectivity index (χ2v) is 7.49. The number of hydrogen-bond donors (Lipinski definition) is 0. The van der Waals surface area contributed by atoms with Crippen molar-refractivity contribution < 1.29 is 0 Å². The molecule has 136 valence electrons. The van der Waals surface area contributed by atoms with Crippen LogP contribution in [0.1, 0.15) is 5.69 Å². The molecule has 0 fully saturated rings. The number of thiazole rings is 1. The summed E-state index contributed by atoms with van der Waals surface area (Å²) in [4.78, 5) is 23.5. The summed E-state index contributed by atoms with van der Waals surface area (Å²) in [6.45, 7) is 2.02. The van der Waals surface area contributed by atoms with Crippen molar-refractivity contribution >= 4 is 22.2 Å². The molecule has 0 saturated heterocycles. The van der Waals surface area contributed by atoms with Gasteiger partial charge < -0.3 is 4.57 Å². The minimum Gasteiger partial charge on any atom is -0.350 e. The van der Waals surface area contributed by atoms with Crippen LogP contribution in [0.3, 0.4) is 0 Å². The maximum Gasteiger partial charge on any atom is 0.127 e. The largest absolute Gasteiger partial charge is 0.350 e. The van der Waals surface area contributed by atoms with E-state index in [-0.39, 0.29) is 0 Å². The fourth-order valence-electron chi connectivity index (χ4n) is 3.23. The maximum absolute atomic E-state index is 4.99. The number of nitrogens with zero attached hydrogens (tertiary/aromatic N) is 6. The van der Waals surface area contributed by atoms with Gasteiger partial charge in [0.05, 0.1) is 33.2 Å². The summed E-state index contributed by atoms with van der Waals surface area (Å²) in [5.41, 5.74) is 5.60. The molecule has 5 aromatic heterocycles. The average Bonchev–Trinajstić information content (AvgIpc) is 3.32. The van der Waals surface area contributed by atoms with E-state index < -0.39 is 0 Å². The van der Waals surface area contributed by atoms with E-state index >= 15 is 0 Å². The van der Waals surface area contributed by atoms with E-state index in [0.717, 1.165) is 49.1 Å². The number of fused-ring (bicyclic) bond motifs is 1. The summed E-state index contributed by atoms with van der Waals surface area (Å²) in [6.07, 6.45) is 8.93. The fourth-order valence-corrected chi connectivity index (χ4v) is 4.28. The van der Waals surface area contributed by atoms with Crippen molar-refractivity contribution in [1.29, 1.82) is 0 Å². The summed E-state index contributed by atoms with van der Waals surface area (Å²) in [5, 5.41) is 1.99. The normalized spacial score (nSPS) is 11.2. The summed E-state index contributed by atoms with van der Waals surface area (Å²) < 4.78 is 2.11. The first-order valence-electron chi connectivity index (χ1n) is 8.81. The van der Waals surface area contributed by atoms with Crippen LogP contribution in [-0.2, 0) is 7.05 Å². The topological polar surface area (TPSA) is 69.4 Å². The molecule has 0 aliphatic rings. The van der Waals surface area contributed by atoms with E-state index in [4.69, 9.17) is 9.97 Å². The highest BCUT2D eigenvalue weighted by molar-refractivity contribution is 7.18. The van der Waals surface area contributed by atoms with Gasteiger partial charge in [0.15, 0.2) is 0 Å². The van der Waals surface area contributed by atoms with Gasteiger partial charge in [0, 0.05) is 42.8 Å². The molecule has 0 radical (unpaired) electrons. The van der Waals surface area contributed by atoms with Gasteiger partial charge in [0.1, 0.15) is 11.3 Å². The Bertz CT molecular complexity index is 1270. The van der Waals surface area contributed by atoms with Crippen molar-refractivity contribution in [3.63, 3.8) is 0 Å². The van der Waals surface area contributed by atoms with Crippen LogP contribution < -0.4 is 0 Å². The molecular weight excluding hydrogens is 368 g/mol. The van der Waals surface area contributed by atoms with Gasteiger partial charge in [-0.05, 0) is 31.2 Å². The molecule has 0 amide bonds. The van der Waals surface area contributed by atoms with Crippen molar-refractivity contribution in [3.05, 3.63) is 67.1 Å². The molecule has 0 bridgehead atoms. The van der Waals surface area contributed by atoms with Gasteiger partial charge in [-0.3, -0.25) is 4.98 Å². The highest BCUT2D eigenvalue weighted by atomic mass is 32.1. The smallest absolute Gasteiger partial charge is 0.127 e. The third-order valence-corrected chi connectivity index (χ3v) is 5.84. The Morgan fingerprint density at radius 1 is 1.00 bits per heavy atom. The Hall–Kier alpha value is -3.45. The fraction of sp³-hybridized carbons (Fsp3) is 0.0952. The van der Waals surface area contributed by atoms with Gasteiger partial charge in [-0.1, -0.05) is 6.07 Å². The van der Waals surface area contributed by atoms with Crippen molar-refractivity contribution in [2.24, 2.45) is 7.05 Å². The Labute approximate surface area is 165 Å². The molecule has 0 N–H and O–H groups in total. The lowest BCUT2D eigenvalue weighted by Gasteiger charge is -2.07. The predicted octanol–water partition coefficient (Wildman–Crippen LogP) is 4.52. The van der Waals surface area contributed by atoms with Crippen molar-refractivity contribution in [1.82, 2.24) is 29.5 Å². The van der Waals surface area contributed by atoms with Crippen LogP contribution in [0, 0.1) is 6.92 Å². The number of aryl methyl sites for hydroxylation is 2. The van der Waals surface area contributed by atoms with E-state index in [2.05, 4.69) is 37.8 Å². The van der Waals surface area contributed by atoms with Crippen LogP contribution >= 0.6 is 11.3 Å². The molecule has 5 aromatic rings. The first-order chi connectivity index (χ1) is 13.7. The zero-order chi connectivity index (χ0) is 19.1. The Balaban J connectivity index is 1.74. The third-order valence-electron chi connectivity index (χ3n) is 4.63. The summed E-state index contributed by atoms with van der Waals surface area (Å²) in [6, 6.07) is 10.1. The summed E-state index contributed by atoms with van der Waals surface area (Å²) in [5.74, 6) is 0. The highest BCUT2D eigenvalue weighted by Crippen LogP contribution is 2.38. The molecule has 5 heterocycles. The maximum atomic E-state index is 4.99. The van der Waals surface area contributed by atoms with Crippen LogP contribution in [0.2, 0.25) is 0 Å². The zero-order valence-electron chi connectivity index (χ0n) is 15.4. The lowest BCUT2D eigenvalue weighted by atomic mass is 10.1. The van der Waals surface area contributed by atoms with Gasteiger partial charge in [0.25, 0.3) is 0 Å². The first kappa shape index (κ1) is 16.7. The number of hydrogen-bond acceptors (Lipinski definition) is 6. The van der Waals surface area contributed by atoms with Crippen LogP contribution in [0.25, 0.3) is 43.4 Å². The minimum atomic E-state index is 0.849. The lowest BCUT2D eigenvalue weighted by molar-refractivity contribution is 0.968. The Morgan fingerprint density at radius 3 is 2.64 bits per heavy atom. The van der Waals surface area contributed by atoms with Crippen LogP contribution in [0.15, 0.2) is 61.4 Å².